The van der Waals surface area contributed by atoms with Crippen LogP contribution in [0.15, 0.2) is 66.1 Å². The number of rotatable bonds is 9. The third kappa shape index (κ3) is 6.18. The summed E-state index contributed by atoms with van der Waals surface area (Å²) in [6.07, 6.45) is 11.2. The molecule has 214 valence electrons. The number of benzene rings is 2. The summed E-state index contributed by atoms with van der Waals surface area (Å²) in [7, 11) is -1.97. The molecular formula is C33H41ClN2O3S. The Labute approximate surface area is 245 Å². The summed E-state index contributed by atoms with van der Waals surface area (Å²) in [6.45, 7) is 12.0. The van der Waals surface area contributed by atoms with E-state index in [1.54, 1.807) is 6.07 Å². The first-order valence-corrected chi connectivity index (χ1v) is 16.3. The molecule has 3 aliphatic rings. The summed E-state index contributed by atoms with van der Waals surface area (Å²) in [5, 5.41) is 0.774. The zero-order chi connectivity index (χ0) is 28.3. The number of nitrogens with zero attached hydrogens (tertiary/aromatic N) is 2. The maximum absolute atomic E-state index is 13.1. The zero-order valence-corrected chi connectivity index (χ0v) is 25.1. The molecule has 5 nitrogen and oxygen atoms in total. The van der Waals surface area contributed by atoms with E-state index < -0.39 is 16.5 Å². The van der Waals surface area contributed by atoms with Crippen LogP contribution in [-0.4, -0.2) is 35.6 Å². The van der Waals surface area contributed by atoms with Gasteiger partial charge >= 0.3 is 0 Å². The number of thiol groups is 1. The second-order valence-corrected chi connectivity index (χ2v) is 13.7. The molecule has 1 spiro atoms. The van der Waals surface area contributed by atoms with Crippen molar-refractivity contribution in [1.29, 1.82) is 0 Å². The van der Waals surface area contributed by atoms with Gasteiger partial charge in [0.2, 0.25) is 0 Å². The third-order valence-corrected chi connectivity index (χ3v) is 10.6. The van der Waals surface area contributed by atoms with Crippen molar-refractivity contribution in [2.24, 2.45) is 22.1 Å². The molecule has 0 radical (unpaired) electrons. The summed E-state index contributed by atoms with van der Waals surface area (Å²) >= 11 is 6.39. The van der Waals surface area contributed by atoms with Gasteiger partial charge in [-0.25, -0.2) is 0 Å². The predicted molar refractivity (Wildman–Crippen MR) is 166 cm³/mol. The number of allylic oxidation sites excluding steroid dienone is 2. The van der Waals surface area contributed by atoms with Crippen LogP contribution in [0.5, 0.6) is 5.75 Å². The quantitative estimate of drug-likeness (QED) is 0.247. The van der Waals surface area contributed by atoms with Crippen molar-refractivity contribution in [1.82, 2.24) is 0 Å². The van der Waals surface area contributed by atoms with Gasteiger partial charge in [0.1, 0.15) is 5.75 Å². The minimum Gasteiger partial charge on any atom is -0.490 e. The van der Waals surface area contributed by atoms with Crippen molar-refractivity contribution in [2.75, 3.05) is 30.3 Å². The van der Waals surface area contributed by atoms with Gasteiger partial charge in [0, 0.05) is 45.4 Å². The molecule has 5 rings (SSSR count). The third-order valence-electron chi connectivity index (χ3n) is 9.02. The Morgan fingerprint density at radius 1 is 1.23 bits per heavy atom. The SMILES string of the molecule is C=CC[C@H](C)C/[SH](=O)=N/C(=O)c1ccc2c(c1)N(C[C@@H]1CC[C@H]1CC=C)C[C@@]1(CCCc3cc(Cl)ccc31)CO2. The number of amides is 1. The van der Waals surface area contributed by atoms with Gasteiger partial charge in [0.05, 0.1) is 12.3 Å². The molecule has 2 aromatic rings. The van der Waals surface area contributed by atoms with Crippen LogP contribution in [0, 0.1) is 17.8 Å². The topological polar surface area (TPSA) is 59.0 Å². The van der Waals surface area contributed by atoms with Gasteiger partial charge in [-0.3, -0.25) is 9.00 Å². The molecule has 1 amide bonds. The summed E-state index contributed by atoms with van der Waals surface area (Å²) in [5.74, 6) is 2.12. The minimum absolute atomic E-state index is 0.159. The average Bonchev–Trinajstić information content (AvgIpc) is 3.06. The molecule has 5 atom stereocenters. The number of hydrogen-bond donors (Lipinski definition) is 1. The normalized spacial score (nSPS) is 25.1. The lowest BCUT2D eigenvalue weighted by molar-refractivity contribution is 0.100. The predicted octanol–water partition coefficient (Wildman–Crippen LogP) is 7.43. The number of carbonyl (C=O) groups is 1. The Bertz CT molecular complexity index is 1370. The molecule has 0 bridgehead atoms. The van der Waals surface area contributed by atoms with E-state index in [-0.39, 0.29) is 11.3 Å². The molecule has 0 saturated heterocycles. The van der Waals surface area contributed by atoms with Gasteiger partial charge < -0.3 is 9.64 Å². The fraction of sp³-hybridized carbons (Fsp3) is 0.485. The lowest BCUT2D eigenvalue weighted by atomic mass is 9.69. The Morgan fingerprint density at radius 3 is 2.80 bits per heavy atom. The summed E-state index contributed by atoms with van der Waals surface area (Å²) in [4.78, 5) is 15.6. The number of anilines is 1. The highest BCUT2D eigenvalue weighted by Crippen LogP contribution is 2.46. The molecule has 1 unspecified atom stereocenters. The molecule has 0 aromatic heterocycles. The lowest BCUT2D eigenvalue weighted by Crippen LogP contribution is -2.48. The smallest absolute Gasteiger partial charge is 0.284 e. The van der Waals surface area contributed by atoms with Crippen LogP contribution in [-0.2, 0) is 22.4 Å². The Hall–Kier alpha value is -2.57. The number of carbonyl (C=O) groups excluding carboxylic acids is 1. The number of fused-ring (bicyclic) bond motifs is 3. The van der Waals surface area contributed by atoms with Crippen LogP contribution < -0.4 is 9.64 Å². The molecular weight excluding hydrogens is 540 g/mol. The van der Waals surface area contributed by atoms with Gasteiger partial charge in [-0.05, 0) is 104 Å². The molecule has 7 heteroatoms. The minimum atomic E-state index is -1.97. The fourth-order valence-corrected chi connectivity index (χ4v) is 8.04. The summed E-state index contributed by atoms with van der Waals surface area (Å²) in [6, 6.07) is 11.9. The van der Waals surface area contributed by atoms with Gasteiger partial charge in [0.15, 0.2) is 0 Å². The first-order chi connectivity index (χ1) is 19.3. The maximum Gasteiger partial charge on any atom is 0.284 e. The van der Waals surface area contributed by atoms with Crippen LogP contribution in [0.25, 0.3) is 0 Å². The van der Waals surface area contributed by atoms with E-state index in [1.165, 1.54) is 24.0 Å². The molecule has 1 fully saturated rings. The van der Waals surface area contributed by atoms with Crippen LogP contribution in [0.1, 0.15) is 66.9 Å². The highest BCUT2D eigenvalue weighted by molar-refractivity contribution is 7.75. The van der Waals surface area contributed by atoms with E-state index in [0.29, 0.717) is 29.8 Å². The Kier molecular flexibility index (Phi) is 9.06. The van der Waals surface area contributed by atoms with Crippen molar-refractivity contribution < 1.29 is 13.7 Å². The fourth-order valence-electron chi connectivity index (χ4n) is 6.76. The van der Waals surface area contributed by atoms with Crippen molar-refractivity contribution in [3.05, 3.63) is 83.4 Å². The van der Waals surface area contributed by atoms with Gasteiger partial charge in [-0.1, -0.05) is 36.7 Å². The second kappa shape index (κ2) is 12.5. The van der Waals surface area contributed by atoms with Crippen LogP contribution in [0.3, 0.4) is 0 Å². The average molecular weight is 581 g/mol. The molecule has 2 aromatic carbocycles. The summed E-state index contributed by atoms with van der Waals surface area (Å²) < 4.78 is 23.3. The van der Waals surface area contributed by atoms with Crippen molar-refractivity contribution in [3.63, 3.8) is 0 Å². The van der Waals surface area contributed by atoms with Crippen LogP contribution >= 0.6 is 11.6 Å². The molecule has 2 aliphatic carbocycles. The highest BCUT2D eigenvalue weighted by Gasteiger charge is 2.43. The first kappa shape index (κ1) is 28.9. The Morgan fingerprint density at radius 2 is 2.05 bits per heavy atom. The molecule has 1 aliphatic heterocycles. The number of aryl methyl sites for hydroxylation is 1. The largest absolute Gasteiger partial charge is 0.490 e. The van der Waals surface area contributed by atoms with Crippen molar-refractivity contribution >= 4 is 33.8 Å². The van der Waals surface area contributed by atoms with Gasteiger partial charge in [0.25, 0.3) is 5.91 Å². The zero-order valence-electron chi connectivity index (χ0n) is 23.5. The number of ether oxygens (including phenoxy) is 1. The van der Waals surface area contributed by atoms with E-state index in [9.17, 15) is 9.00 Å². The molecule has 1 saturated carbocycles. The van der Waals surface area contributed by atoms with Crippen LogP contribution in [0.4, 0.5) is 5.69 Å². The van der Waals surface area contributed by atoms with Gasteiger partial charge in [-0.2, -0.15) is 4.36 Å². The molecule has 40 heavy (non-hydrogen) atoms. The Balaban J connectivity index is 1.48. The van der Waals surface area contributed by atoms with E-state index in [4.69, 9.17) is 16.3 Å². The maximum atomic E-state index is 13.1. The number of halogens is 1. The van der Waals surface area contributed by atoms with E-state index in [2.05, 4.69) is 34.6 Å². The standard InChI is InChI=1S/C33H41ClN2O3S/c1-4-7-23(3)20-40(38)35-32(37)26-12-15-31-30(18-26)36(19-27-11-10-24(27)8-5-2)21-33(22-39-31)16-6-9-25-17-28(34)13-14-29(25)33/h4-5,12-15,17-18,23-24,27,40H,1-2,6-11,16,19-22H2,3H3/t23-,24+,27-,33-/m0/s1. The van der Waals surface area contributed by atoms with E-state index >= 15 is 0 Å². The van der Waals surface area contributed by atoms with E-state index in [1.807, 2.05) is 37.3 Å². The van der Waals surface area contributed by atoms with Gasteiger partial charge in [-0.15, -0.1) is 13.2 Å². The molecule has 0 N–H and O–H groups in total. The monoisotopic (exact) mass is 580 g/mol. The molecule has 1 heterocycles. The second-order valence-electron chi connectivity index (χ2n) is 12.0. The lowest BCUT2D eigenvalue weighted by Gasteiger charge is -2.44. The van der Waals surface area contributed by atoms with Crippen molar-refractivity contribution in [2.45, 2.75) is 57.3 Å². The summed E-state index contributed by atoms with van der Waals surface area (Å²) in [5.41, 5.74) is 3.86. The van der Waals surface area contributed by atoms with Crippen molar-refractivity contribution in [3.8, 4) is 5.75 Å². The van der Waals surface area contributed by atoms with E-state index in [0.717, 1.165) is 61.7 Å². The highest BCUT2D eigenvalue weighted by atomic mass is 35.5. The number of hydrogen-bond acceptors (Lipinski definition) is 4. The van der Waals surface area contributed by atoms with Crippen LogP contribution in [0.2, 0.25) is 5.02 Å². The first-order valence-electron chi connectivity index (χ1n) is 14.5.